The van der Waals surface area contributed by atoms with E-state index in [-0.39, 0.29) is 0 Å². The van der Waals surface area contributed by atoms with Gasteiger partial charge in [-0.2, -0.15) is 0 Å². The molecule has 0 amide bonds. The molecule has 0 aliphatic heterocycles. The van der Waals surface area contributed by atoms with Crippen LogP contribution in [0, 0.1) is 18.8 Å². The van der Waals surface area contributed by atoms with Gasteiger partial charge >= 0.3 is 0 Å². The van der Waals surface area contributed by atoms with Crippen molar-refractivity contribution in [3.8, 4) is 0 Å². The van der Waals surface area contributed by atoms with Gasteiger partial charge in [0.15, 0.2) is 0 Å². The number of imidazole rings is 1. The highest BCUT2D eigenvalue weighted by atomic mass is 35.5. The maximum Gasteiger partial charge on any atom is 0.125 e. The third kappa shape index (κ3) is 2.59. The van der Waals surface area contributed by atoms with Crippen LogP contribution in [-0.2, 0) is 5.88 Å². The molecular weight excluding hydrogens is 280 g/mol. The Morgan fingerprint density at radius 2 is 2.05 bits per heavy atom. The van der Waals surface area contributed by atoms with E-state index in [2.05, 4.69) is 43.5 Å². The Morgan fingerprint density at radius 1 is 1.29 bits per heavy atom. The first-order valence-electron chi connectivity index (χ1n) is 8.16. The predicted molar refractivity (Wildman–Crippen MR) is 89.9 cm³/mol. The molecule has 2 aromatic rings. The Bertz CT molecular complexity index is 629. The summed E-state index contributed by atoms with van der Waals surface area (Å²) in [5, 5.41) is 0. The second kappa shape index (κ2) is 6.00. The van der Waals surface area contributed by atoms with E-state index in [4.69, 9.17) is 16.6 Å². The molecule has 2 unspecified atom stereocenters. The highest BCUT2D eigenvalue weighted by molar-refractivity contribution is 6.16. The number of aryl methyl sites for hydroxylation is 1. The molecule has 1 aromatic heterocycles. The molecule has 2 atom stereocenters. The van der Waals surface area contributed by atoms with Crippen molar-refractivity contribution in [2.24, 2.45) is 11.8 Å². The molecule has 0 radical (unpaired) electrons. The number of rotatable bonds is 3. The minimum absolute atomic E-state index is 0.495. The number of hydrogen-bond donors (Lipinski definition) is 0. The molecule has 3 rings (SSSR count). The van der Waals surface area contributed by atoms with Crippen LogP contribution in [0.25, 0.3) is 11.0 Å². The highest BCUT2D eigenvalue weighted by Crippen LogP contribution is 2.41. The number of benzene rings is 1. The summed E-state index contributed by atoms with van der Waals surface area (Å²) in [6, 6.07) is 6.94. The van der Waals surface area contributed by atoms with Crippen molar-refractivity contribution in [2.75, 3.05) is 0 Å². The molecule has 1 aliphatic rings. The van der Waals surface area contributed by atoms with Gasteiger partial charge < -0.3 is 4.57 Å². The fraction of sp³-hybridized carbons (Fsp3) is 0.611. The molecule has 114 valence electrons. The molecular formula is C18H25ClN2. The Morgan fingerprint density at radius 3 is 2.76 bits per heavy atom. The van der Waals surface area contributed by atoms with Gasteiger partial charge in [0.25, 0.3) is 0 Å². The first kappa shape index (κ1) is 14.9. The fourth-order valence-corrected chi connectivity index (χ4v) is 4.25. The number of fused-ring (bicyclic) bond motifs is 1. The Hall–Kier alpha value is -1.02. The quantitative estimate of drug-likeness (QED) is 0.687. The average molecular weight is 305 g/mol. The highest BCUT2D eigenvalue weighted by Gasteiger charge is 2.31. The Kier molecular flexibility index (Phi) is 4.26. The zero-order valence-electron chi connectivity index (χ0n) is 13.3. The van der Waals surface area contributed by atoms with Crippen LogP contribution in [0.1, 0.15) is 57.0 Å². The van der Waals surface area contributed by atoms with E-state index in [0.717, 1.165) is 17.3 Å². The number of alkyl halides is 1. The summed E-state index contributed by atoms with van der Waals surface area (Å²) in [5.74, 6) is 2.98. The van der Waals surface area contributed by atoms with Crippen molar-refractivity contribution in [3.63, 3.8) is 0 Å². The molecule has 0 bridgehead atoms. The molecule has 0 N–H and O–H groups in total. The van der Waals surface area contributed by atoms with Crippen LogP contribution in [0.15, 0.2) is 18.2 Å². The molecule has 2 nitrogen and oxygen atoms in total. The lowest BCUT2D eigenvalue weighted by Crippen LogP contribution is -2.28. The number of halogens is 1. The minimum atomic E-state index is 0.495. The van der Waals surface area contributed by atoms with Crippen molar-refractivity contribution >= 4 is 22.6 Å². The van der Waals surface area contributed by atoms with Gasteiger partial charge in [-0.1, -0.05) is 38.8 Å². The molecule has 1 aliphatic carbocycles. The van der Waals surface area contributed by atoms with Gasteiger partial charge in [-0.05, 0) is 43.2 Å². The van der Waals surface area contributed by atoms with Crippen LogP contribution in [0.4, 0.5) is 0 Å². The average Bonchev–Trinajstić information content (AvgIpc) is 2.87. The third-order valence-electron chi connectivity index (χ3n) is 5.07. The van der Waals surface area contributed by atoms with Crippen LogP contribution < -0.4 is 0 Å². The lowest BCUT2D eigenvalue weighted by molar-refractivity contribution is 0.185. The van der Waals surface area contributed by atoms with Gasteiger partial charge in [-0.15, -0.1) is 11.6 Å². The lowest BCUT2D eigenvalue weighted by atomic mass is 9.77. The fourth-order valence-electron chi connectivity index (χ4n) is 4.06. The summed E-state index contributed by atoms with van der Waals surface area (Å²) >= 11 is 6.22. The zero-order valence-corrected chi connectivity index (χ0v) is 14.0. The van der Waals surface area contributed by atoms with Gasteiger partial charge in [-0.25, -0.2) is 4.98 Å². The van der Waals surface area contributed by atoms with E-state index in [0.29, 0.717) is 17.8 Å². The van der Waals surface area contributed by atoms with E-state index in [1.165, 1.54) is 36.8 Å². The monoisotopic (exact) mass is 304 g/mol. The van der Waals surface area contributed by atoms with E-state index in [1.807, 2.05) is 0 Å². The summed E-state index contributed by atoms with van der Waals surface area (Å²) < 4.78 is 2.47. The Labute approximate surface area is 132 Å². The number of para-hydroxylation sites is 1. The first-order chi connectivity index (χ1) is 10.1. The molecule has 0 spiro atoms. The van der Waals surface area contributed by atoms with Gasteiger partial charge in [0.2, 0.25) is 0 Å². The van der Waals surface area contributed by atoms with Crippen LogP contribution in [0.5, 0.6) is 0 Å². The second-order valence-electron chi connectivity index (χ2n) is 6.73. The van der Waals surface area contributed by atoms with E-state index < -0.39 is 0 Å². The maximum absolute atomic E-state index is 6.22. The van der Waals surface area contributed by atoms with Crippen molar-refractivity contribution in [2.45, 2.75) is 58.4 Å². The van der Waals surface area contributed by atoms with E-state index in [9.17, 15) is 0 Å². The third-order valence-corrected chi connectivity index (χ3v) is 5.31. The molecule has 1 heterocycles. The zero-order chi connectivity index (χ0) is 15.0. The van der Waals surface area contributed by atoms with Gasteiger partial charge in [0.05, 0.1) is 16.9 Å². The summed E-state index contributed by atoms with van der Waals surface area (Å²) in [4.78, 5) is 4.79. The first-order valence-corrected chi connectivity index (χ1v) is 8.69. The standard InChI is InChI=1S/C18H25ClN2/c1-12(2)14-8-4-5-10-16(14)21-17(11-19)20-15-9-6-7-13(3)18(15)21/h6-7,9,12,14,16H,4-5,8,10-11H2,1-3H3. The molecule has 21 heavy (non-hydrogen) atoms. The van der Waals surface area contributed by atoms with Crippen LogP contribution >= 0.6 is 11.6 Å². The summed E-state index contributed by atoms with van der Waals surface area (Å²) in [6.07, 6.45) is 5.27. The normalized spacial score (nSPS) is 23.1. The molecule has 1 saturated carbocycles. The summed E-state index contributed by atoms with van der Waals surface area (Å²) in [5.41, 5.74) is 3.70. The second-order valence-corrected chi connectivity index (χ2v) is 7.00. The van der Waals surface area contributed by atoms with Crippen LogP contribution in [-0.4, -0.2) is 9.55 Å². The van der Waals surface area contributed by atoms with E-state index in [1.54, 1.807) is 0 Å². The lowest BCUT2D eigenvalue weighted by Gasteiger charge is -2.36. The van der Waals surface area contributed by atoms with Crippen molar-refractivity contribution < 1.29 is 0 Å². The van der Waals surface area contributed by atoms with Crippen LogP contribution in [0.3, 0.4) is 0 Å². The summed E-state index contributed by atoms with van der Waals surface area (Å²) in [7, 11) is 0. The number of nitrogens with zero attached hydrogens (tertiary/aromatic N) is 2. The Balaban J connectivity index is 2.17. The molecule has 1 aromatic carbocycles. The molecule has 3 heteroatoms. The number of hydrogen-bond acceptors (Lipinski definition) is 1. The largest absolute Gasteiger partial charge is 0.323 e. The molecule has 1 fully saturated rings. The van der Waals surface area contributed by atoms with Gasteiger partial charge in [0.1, 0.15) is 5.82 Å². The minimum Gasteiger partial charge on any atom is -0.323 e. The summed E-state index contributed by atoms with van der Waals surface area (Å²) in [6.45, 7) is 6.90. The van der Waals surface area contributed by atoms with Gasteiger partial charge in [-0.3, -0.25) is 0 Å². The SMILES string of the molecule is Cc1cccc2nc(CCl)n(C3CCCCC3C(C)C)c12. The van der Waals surface area contributed by atoms with Crippen molar-refractivity contribution in [1.82, 2.24) is 9.55 Å². The van der Waals surface area contributed by atoms with Gasteiger partial charge in [0, 0.05) is 6.04 Å². The smallest absolute Gasteiger partial charge is 0.125 e. The predicted octanol–water partition coefficient (Wildman–Crippen LogP) is 5.47. The molecule has 0 saturated heterocycles. The topological polar surface area (TPSA) is 17.8 Å². The van der Waals surface area contributed by atoms with Crippen LogP contribution in [0.2, 0.25) is 0 Å². The van der Waals surface area contributed by atoms with E-state index >= 15 is 0 Å². The number of aromatic nitrogens is 2. The van der Waals surface area contributed by atoms with Crippen molar-refractivity contribution in [1.29, 1.82) is 0 Å². The van der Waals surface area contributed by atoms with Crippen molar-refractivity contribution in [3.05, 3.63) is 29.6 Å². The maximum atomic E-state index is 6.22.